The highest BCUT2D eigenvalue weighted by Gasteiger charge is 2.38. The number of ether oxygens (including phenoxy) is 2. The second-order valence-electron chi connectivity index (χ2n) is 5.56. The Labute approximate surface area is 115 Å². The third-order valence-electron chi connectivity index (χ3n) is 3.99. The zero-order valence-corrected chi connectivity index (χ0v) is 12.6. The summed E-state index contributed by atoms with van der Waals surface area (Å²) in [6.07, 6.45) is 4.79. The lowest BCUT2D eigenvalue weighted by Gasteiger charge is -2.44. The molecular weight excluding hydrogens is 246 g/mol. The lowest BCUT2D eigenvalue weighted by Crippen LogP contribution is -2.51. The molecule has 0 aromatic heterocycles. The molecule has 18 heavy (non-hydrogen) atoms. The van der Waals surface area contributed by atoms with Gasteiger partial charge in [-0.15, -0.1) is 0 Å². The summed E-state index contributed by atoms with van der Waals surface area (Å²) in [7, 11) is 0. The van der Waals surface area contributed by atoms with Crippen LogP contribution in [0.5, 0.6) is 0 Å². The standard InChI is InChI=1S/C14H27NO2S/c1-3-16-11-12(2)15-13-4-7-17-14(10-13)5-8-18-9-6-14/h12-13,15H,3-11H2,1-2H3. The summed E-state index contributed by atoms with van der Waals surface area (Å²) in [4.78, 5) is 0. The Bertz CT molecular complexity index is 238. The van der Waals surface area contributed by atoms with Crippen molar-refractivity contribution in [2.24, 2.45) is 0 Å². The Hall–Kier alpha value is 0.230. The molecule has 3 nitrogen and oxygen atoms in total. The molecule has 2 aliphatic heterocycles. The van der Waals surface area contributed by atoms with Crippen LogP contribution in [0.3, 0.4) is 0 Å². The van der Waals surface area contributed by atoms with Gasteiger partial charge in [0.25, 0.3) is 0 Å². The van der Waals surface area contributed by atoms with Crippen molar-refractivity contribution in [2.45, 2.75) is 57.2 Å². The molecule has 1 spiro atoms. The molecule has 2 saturated heterocycles. The Balaban J connectivity index is 1.79. The Morgan fingerprint density at radius 3 is 2.94 bits per heavy atom. The molecule has 0 aromatic carbocycles. The van der Waals surface area contributed by atoms with Crippen molar-refractivity contribution >= 4 is 11.8 Å². The normalized spacial score (nSPS) is 29.3. The van der Waals surface area contributed by atoms with E-state index >= 15 is 0 Å². The third-order valence-corrected chi connectivity index (χ3v) is 4.97. The predicted octanol–water partition coefficient (Wildman–Crippen LogP) is 2.45. The van der Waals surface area contributed by atoms with Crippen molar-refractivity contribution in [1.29, 1.82) is 0 Å². The van der Waals surface area contributed by atoms with Crippen molar-refractivity contribution in [3.05, 3.63) is 0 Å². The Morgan fingerprint density at radius 1 is 1.44 bits per heavy atom. The van der Waals surface area contributed by atoms with E-state index in [9.17, 15) is 0 Å². The van der Waals surface area contributed by atoms with Crippen molar-refractivity contribution in [3.63, 3.8) is 0 Å². The van der Waals surface area contributed by atoms with Crippen molar-refractivity contribution in [3.8, 4) is 0 Å². The van der Waals surface area contributed by atoms with E-state index in [1.165, 1.54) is 30.8 Å². The maximum Gasteiger partial charge on any atom is 0.0713 e. The van der Waals surface area contributed by atoms with Crippen LogP contribution < -0.4 is 5.32 Å². The summed E-state index contributed by atoms with van der Waals surface area (Å²) in [5.74, 6) is 2.53. The first-order valence-corrected chi connectivity index (χ1v) is 8.45. The largest absolute Gasteiger partial charge is 0.380 e. The summed E-state index contributed by atoms with van der Waals surface area (Å²) in [5.41, 5.74) is 0.187. The number of rotatable bonds is 5. The van der Waals surface area contributed by atoms with Gasteiger partial charge in [0, 0.05) is 25.3 Å². The summed E-state index contributed by atoms with van der Waals surface area (Å²) < 4.78 is 11.6. The zero-order valence-electron chi connectivity index (χ0n) is 11.7. The van der Waals surface area contributed by atoms with Gasteiger partial charge in [0.15, 0.2) is 0 Å². The molecular formula is C14H27NO2S. The minimum atomic E-state index is 0.187. The van der Waals surface area contributed by atoms with Gasteiger partial charge in [-0.05, 0) is 51.0 Å². The first-order valence-electron chi connectivity index (χ1n) is 7.29. The molecule has 0 amide bonds. The Morgan fingerprint density at radius 2 is 2.22 bits per heavy atom. The van der Waals surface area contributed by atoms with E-state index in [1.807, 2.05) is 0 Å². The van der Waals surface area contributed by atoms with Gasteiger partial charge in [0.2, 0.25) is 0 Å². The van der Waals surface area contributed by atoms with Gasteiger partial charge in [0.05, 0.1) is 12.2 Å². The summed E-state index contributed by atoms with van der Waals surface area (Å²) in [6, 6.07) is 1.06. The highest BCUT2D eigenvalue weighted by atomic mass is 32.2. The molecule has 0 radical (unpaired) electrons. The molecule has 2 heterocycles. The first-order chi connectivity index (χ1) is 8.74. The van der Waals surface area contributed by atoms with Crippen LogP contribution in [0.2, 0.25) is 0 Å². The molecule has 0 saturated carbocycles. The third kappa shape index (κ3) is 4.12. The molecule has 2 aliphatic rings. The van der Waals surface area contributed by atoms with E-state index in [2.05, 4.69) is 30.9 Å². The average Bonchev–Trinajstić information content (AvgIpc) is 2.37. The Kier molecular flexibility index (Phi) is 5.80. The second kappa shape index (κ2) is 7.13. The van der Waals surface area contributed by atoms with E-state index in [-0.39, 0.29) is 5.60 Å². The minimum Gasteiger partial charge on any atom is -0.380 e. The molecule has 2 atom stereocenters. The molecule has 0 bridgehead atoms. The van der Waals surface area contributed by atoms with Gasteiger partial charge >= 0.3 is 0 Å². The molecule has 2 fully saturated rings. The van der Waals surface area contributed by atoms with Gasteiger partial charge in [-0.3, -0.25) is 0 Å². The molecule has 4 heteroatoms. The maximum atomic E-state index is 6.11. The number of thioether (sulfide) groups is 1. The highest BCUT2D eigenvalue weighted by molar-refractivity contribution is 7.99. The fraction of sp³-hybridized carbons (Fsp3) is 1.00. The lowest BCUT2D eigenvalue weighted by atomic mass is 9.85. The summed E-state index contributed by atoms with van der Waals surface area (Å²) >= 11 is 2.07. The van der Waals surface area contributed by atoms with Gasteiger partial charge in [-0.1, -0.05) is 0 Å². The second-order valence-corrected chi connectivity index (χ2v) is 6.79. The van der Waals surface area contributed by atoms with E-state index in [0.717, 1.165) is 26.2 Å². The summed E-state index contributed by atoms with van der Waals surface area (Å²) in [6.45, 7) is 6.81. The fourth-order valence-corrected chi connectivity index (χ4v) is 4.24. The maximum absolute atomic E-state index is 6.11. The van der Waals surface area contributed by atoms with Crippen molar-refractivity contribution < 1.29 is 9.47 Å². The van der Waals surface area contributed by atoms with Crippen LogP contribution in [0.4, 0.5) is 0 Å². The predicted molar refractivity (Wildman–Crippen MR) is 77.4 cm³/mol. The average molecular weight is 273 g/mol. The van der Waals surface area contributed by atoms with Gasteiger partial charge in [-0.2, -0.15) is 11.8 Å². The van der Waals surface area contributed by atoms with Gasteiger partial charge in [0.1, 0.15) is 0 Å². The van der Waals surface area contributed by atoms with Crippen LogP contribution in [0.1, 0.15) is 39.5 Å². The molecule has 106 valence electrons. The molecule has 1 N–H and O–H groups in total. The van der Waals surface area contributed by atoms with Crippen molar-refractivity contribution in [1.82, 2.24) is 5.32 Å². The van der Waals surface area contributed by atoms with Crippen LogP contribution in [-0.4, -0.2) is 49.0 Å². The van der Waals surface area contributed by atoms with E-state index < -0.39 is 0 Å². The smallest absolute Gasteiger partial charge is 0.0713 e. The van der Waals surface area contributed by atoms with Gasteiger partial charge in [-0.25, -0.2) is 0 Å². The SMILES string of the molecule is CCOCC(C)NC1CCOC2(CCSCC2)C1. The quantitative estimate of drug-likeness (QED) is 0.833. The van der Waals surface area contributed by atoms with Crippen LogP contribution >= 0.6 is 11.8 Å². The number of hydrogen-bond acceptors (Lipinski definition) is 4. The minimum absolute atomic E-state index is 0.187. The lowest BCUT2D eigenvalue weighted by molar-refractivity contribution is -0.0947. The van der Waals surface area contributed by atoms with Crippen LogP contribution in [-0.2, 0) is 9.47 Å². The molecule has 0 aliphatic carbocycles. The number of hydrogen-bond donors (Lipinski definition) is 1. The number of nitrogens with one attached hydrogen (secondary N) is 1. The summed E-state index contributed by atoms with van der Waals surface area (Å²) in [5, 5.41) is 3.71. The topological polar surface area (TPSA) is 30.5 Å². The van der Waals surface area contributed by atoms with Crippen LogP contribution in [0.15, 0.2) is 0 Å². The monoisotopic (exact) mass is 273 g/mol. The molecule has 0 aromatic rings. The highest BCUT2D eigenvalue weighted by Crippen LogP contribution is 2.37. The molecule has 2 rings (SSSR count). The molecule has 2 unspecified atom stereocenters. The van der Waals surface area contributed by atoms with Crippen molar-refractivity contribution in [2.75, 3.05) is 31.3 Å². The first kappa shape index (κ1) is 14.6. The van der Waals surface area contributed by atoms with Crippen LogP contribution in [0, 0.1) is 0 Å². The van der Waals surface area contributed by atoms with Gasteiger partial charge < -0.3 is 14.8 Å². The van der Waals surface area contributed by atoms with E-state index in [1.54, 1.807) is 0 Å². The fourth-order valence-electron chi connectivity index (χ4n) is 3.01. The zero-order chi connectivity index (χ0) is 12.8. The van der Waals surface area contributed by atoms with E-state index in [0.29, 0.717) is 12.1 Å². The van der Waals surface area contributed by atoms with E-state index in [4.69, 9.17) is 9.47 Å². The van der Waals surface area contributed by atoms with Crippen LogP contribution in [0.25, 0.3) is 0 Å².